The van der Waals surface area contributed by atoms with Gasteiger partial charge in [0.15, 0.2) is 16.7 Å². The van der Waals surface area contributed by atoms with Crippen molar-refractivity contribution in [3.63, 3.8) is 0 Å². The predicted octanol–water partition coefficient (Wildman–Crippen LogP) is 2.91. The van der Waals surface area contributed by atoms with Crippen LogP contribution in [-0.2, 0) is 4.79 Å². The Bertz CT molecular complexity index is 906. The maximum atomic E-state index is 11.9. The lowest BCUT2D eigenvalue weighted by atomic mass is 10.2. The van der Waals surface area contributed by atoms with E-state index in [1.807, 2.05) is 31.2 Å². The van der Waals surface area contributed by atoms with Crippen molar-refractivity contribution in [1.29, 1.82) is 0 Å². The highest BCUT2D eigenvalue weighted by atomic mass is 32.2. The maximum Gasteiger partial charge on any atom is 0.250 e. The fraction of sp³-hybridized carbons (Fsp3) is 0.167. The number of fused-ring (bicyclic) bond motifs is 1. The van der Waals surface area contributed by atoms with Crippen molar-refractivity contribution in [2.45, 2.75) is 12.1 Å². The molecule has 134 valence electrons. The molecule has 0 atom stereocenters. The molecule has 0 bridgehead atoms. The van der Waals surface area contributed by atoms with E-state index in [2.05, 4.69) is 20.5 Å². The van der Waals surface area contributed by atoms with Gasteiger partial charge in [-0.15, -0.1) is 0 Å². The Labute approximate surface area is 154 Å². The second-order valence-electron chi connectivity index (χ2n) is 5.30. The van der Waals surface area contributed by atoms with Crippen LogP contribution in [0.1, 0.15) is 12.5 Å². The number of nitrogens with zero attached hydrogens (tertiary/aromatic N) is 2. The Balaban J connectivity index is 1.52. The molecule has 7 nitrogen and oxygen atoms in total. The summed E-state index contributed by atoms with van der Waals surface area (Å²) in [6.45, 7) is 2.28. The number of rotatable bonds is 7. The molecule has 3 N–H and O–H groups in total. The Morgan fingerprint density at radius 1 is 1.38 bits per heavy atom. The number of benzene rings is 2. The van der Waals surface area contributed by atoms with Crippen LogP contribution in [0.2, 0.25) is 0 Å². The number of imidazole rings is 1. The lowest BCUT2D eigenvalue weighted by molar-refractivity contribution is -0.118. The number of aromatic nitrogens is 2. The summed E-state index contributed by atoms with van der Waals surface area (Å²) in [4.78, 5) is 19.4. The molecular formula is C18H18N4O3S. The third-order valence-electron chi connectivity index (χ3n) is 3.39. The molecule has 26 heavy (non-hydrogen) atoms. The summed E-state index contributed by atoms with van der Waals surface area (Å²) >= 11 is 1.31. The number of hydrogen-bond acceptors (Lipinski definition) is 6. The van der Waals surface area contributed by atoms with E-state index in [0.29, 0.717) is 23.1 Å². The largest absolute Gasteiger partial charge is 0.504 e. The van der Waals surface area contributed by atoms with Gasteiger partial charge in [0.1, 0.15) is 0 Å². The lowest BCUT2D eigenvalue weighted by Crippen LogP contribution is -2.19. The molecule has 0 saturated heterocycles. The van der Waals surface area contributed by atoms with Crippen LogP contribution in [0.3, 0.4) is 0 Å². The first-order valence-corrected chi connectivity index (χ1v) is 8.99. The molecule has 1 aromatic heterocycles. The van der Waals surface area contributed by atoms with E-state index in [1.54, 1.807) is 12.1 Å². The fourth-order valence-electron chi connectivity index (χ4n) is 2.22. The number of phenolic OH excluding ortho intramolecular Hbond substituents is 1. The number of H-pyrrole nitrogens is 1. The van der Waals surface area contributed by atoms with Gasteiger partial charge < -0.3 is 14.8 Å². The minimum absolute atomic E-state index is 0.0651. The first kappa shape index (κ1) is 17.8. The summed E-state index contributed by atoms with van der Waals surface area (Å²) in [6.07, 6.45) is 1.49. The summed E-state index contributed by atoms with van der Waals surface area (Å²) < 4.78 is 5.30. The number of amides is 1. The highest BCUT2D eigenvalue weighted by Crippen LogP contribution is 2.26. The third-order valence-corrected chi connectivity index (χ3v) is 4.27. The minimum Gasteiger partial charge on any atom is -0.504 e. The summed E-state index contributed by atoms with van der Waals surface area (Å²) in [6, 6.07) is 12.5. The molecule has 0 spiro atoms. The molecule has 0 aliphatic rings. The zero-order valence-electron chi connectivity index (χ0n) is 14.1. The van der Waals surface area contributed by atoms with Crippen LogP contribution in [0.25, 0.3) is 11.0 Å². The van der Waals surface area contributed by atoms with Gasteiger partial charge in [0, 0.05) is 0 Å². The van der Waals surface area contributed by atoms with E-state index in [-0.39, 0.29) is 17.4 Å². The SMILES string of the molecule is CCOc1cc(/C=N/NC(=O)CSc2nc3ccccc3[nH]2)ccc1O. The van der Waals surface area contributed by atoms with Gasteiger partial charge in [-0.05, 0) is 42.8 Å². The van der Waals surface area contributed by atoms with Gasteiger partial charge in [-0.2, -0.15) is 5.10 Å². The lowest BCUT2D eigenvalue weighted by Gasteiger charge is -2.05. The van der Waals surface area contributed by atoms with Crippen molar-refractivity contribution in [3.8, 4) is 11.5 Å². The number of ether oxygens (including phenoxy) is 1. The van der Waals surface area contributed by atoms with Crippen LogP contribution in [0.15, 0.2) is 52.7 Å². The molecule has 0 unspecified atom stereocenters. The Hall–Kier alpha value is -3.00. The molecule has 3 aromatic rings. The molecule has 2 aromatic carbocycles. The monoisotopic (exact) mass is 370 g/mol. The number of aromatic hydroxyl groups is 1. The Kier molecular flexibility index (Phi) is 5.75. The molecule has 0 aliphatic heterocycles. The molecule has 3 rings (SSSR count). The Morgan fingerprint density at radius 3 is 3.04 bits per heavy atom. The molecule has 0 saturated carbocycles. The van der Waals surface area contributed by atoms with Crippen molar-refractivity contribution >= 4 is 34.9 Å². The first-order chi connectivity index (χ1) is 12.7. The Morgan fingerprint density at radius 2 is 2.23 bits per heavy atom. The van der Waals surface area contributed by atoms with Gasteiger partial charge in [-0.25, -0.2) is 10.4 Å². The second kappa shape index (κ2) is 8.39. The van der Waals surface area contributed by atoms with Crippen LogP contribution >= 0.6 is 11.8 Å². The zero-order valence-corrected chi connectivity index (χ0v) is 14.9. The molecular weight excluding hydrogens is 352 g/mol. The molecule has 0 aliphatic carbocycles. The summed E-state index contributed by atoms with van der Waals surface area (Å²) in [5.74, 6) is 0.394. The van der Waals surface area contributed by atoms with Crippen molar-refractivity contribution < 1.29 is 14.6 Å². The van der Waals surface area contributed by atoms with Gasteiger partial charge in [0.2, 0.25) is 0 Å². The molecule has 0 radical (unpaired) electrons. The molecule has 0 fully saturated rings. The third kappa shape index (κ3) is 4.54. The van der Waals surface area contributed by atoms with E-state index >= 15 is 0 Å². The maximum absolute atomic E-state index is 11.9. The number of para-hydroxylation sites is 2. The highest BCUT2D eigenvalue weighted by Gasteiger charge is 2.06. The highest BCUT2D eigenvalue weighted by molar-refractivity contribution is 7.99. The average Bonchev–Trinajstić information content (AvgIpc) is 3.06. The van der Waals surface area contributed by atoms with E-state index < -0.39 is 0 Å². The van der Waals surface area contributed by atoms with Gasteiger partial charge in [0.05, 0.1) is 29.6 Å². The van der Waals surface area contributed by atoms with Crippen LogP contribution in [-0.4, -0.2) is 39.6 Å². The number of aromatic amines is 1. The van der Waals surface area contributed by atoms with Crippen LogP contribution < -0.4 is 10.2 Å². The smallest absolute Gasteiger partial charge is 0.250 e. The van der Waals surface area contributed by atoms with E-state index in [0.717, 1.165) is 11.0 Å². The number of phenols is 1. The number of thioether (sulfide) groups is 1. The standard InChI is InChI=1S/C18H18N4O3S/c1-2-25-16-9-12(7-8-15(16)23)10-19-22-17(24)11-26-18-20-13-5-3-4-6-14(13)21-18/h3-10,23H,2,11H2,1H3,(H,20,21)(H,22,24)/b19-10+. The van der Waals surface area contributed by atoms with Crippen molar-refractivity contribution in [2.75, 3.05) is 12.4 Å². The number of hydrazone groups is 1. The molecule has 1 amide bonds. The fourth-order valence-corrected chi connectivity index (χ4v) is 2.90. The van der Waals surface area contributed by atoms with Crippen LogP contribution in [0.4, 0.5) is 0 Å². The van der Waals surface area contributed by atoms with E-state index in [9.17, 15) is 9.90 Å². The molecule has 1 heterocycles. The van der Waals surface area contributed by atoms with E-state index in [4.69, 9.17) is 4.74 Å². The van der Waals surface area contributed by atoms with Crippen LogP contribution in [0, 0.1) is 0 Å². The van der Waals surface area contributed by atoms with Crippen molar-refractivity contribution in [3.05, 3.63) is 48.0 Å². The van der Waals surface area contributed by atoms with Crippen molar-refractivity contribution in [2.24, 2.45) is 5.10 Å². The zero-order chi connectivity index (χ0) is 18.4. The summed E-state index contributed by atoms with van der Waals surface area (Å²) in [5, 5.41) is 14.3. The normalized spacial score (nSPS) is 11.1. The predicted molar refractivity (Wildman–Crippen MR) is 102 cm³/mol. The van der Waals surface area contributed by atoms with Gasteiger partial charge in [0.25, 0.3) is 5.91 Å². The number of carbonyl (C=O) groups excluding carboxylic acids is 1. The van der Waals surface area contributed by atoms with E-state index in [1.165, 1.54) is 24.0 Å². The first-order valence-electron chi connectivity index (χ1n) is 8.01. The van der Waals surface area contributed by atoms with Gasteiger partial charge in [-0.1, -0.05) is 23.9 Å². The van der Waals surface area contributed by atoms with Crippen molar-refractivity contribution in [1.82, 2.24) is 15.4 Å². The summed E-state index contributed by atoms with van der Waals surface area (Å²) in [5.41, 5.74) is 4.97. The molecule has 8 heteroatoms. The second-order valence-corrected chi connectivity index (χ2v) is 6.27. The minimum atomic E-state index is -0.240. The quantitative estimate of drug-likeness (QED) is 0.337. The van der Waals surface area contributed by atoms with Gasteiger partial charge in [-0.3, -0.25) is 4.79 Å². The van der Waals surface area contributed by atoms with Crippen LogP contribution in [0.5, 0.6) is 11.5 Å². The number of hydrogen-bond donors (Lipinski definition) is 3. The number of nitrogens with one attached hydrogen (secondary N) is 2. The topological polar surface area (TPSA) is 99.6 Å². The number of carbonyl (C=O) groups is 1. The average molecular weight is 370 g/mol. The summed E-state index contributed by atoms with van der Waals surface area (Å²) in [7, 11) is 0. The van der Waals surface area contributed by atoms with Gasteiger partial charge >= 0.3 is 0 Å².